The first-order valence-corrected chi connectivity index (χ1v) is 9.58. The monoisotopic (exact) mass is 364 g/mol. The average Bonchev–Trinajstić information content (AvgIpc) is 3.12. The van der Waals surface area contributed by atoms with Gasteiger partial charge in [-0.2, -0.15) is 0 Å². The van der Waals surface area contributed by atoms with Gasteiger partial charge in [0.15, 0.2) is 0 Å². The highest BCUT2D eigenvalue weighted by Crippen LogP contribution is 2.34. The molecule has 27 heavy (non-hydrogen) atoms. The molecule has 0 spiro atoms. The van der Waals surface area contributed by atoms with Crippen LogP contribution in [0.2, 0.25) is 0 Å². The third-order valence-electron chi connectivity index (χ3n) is 5.58. The van der Waals surface area contributed by atoms with Crippen LogP contribution in [-0.4, -0.2) is 48.3 Å². The number of hydrogen-bond acceptors (Lipinski definition) is 2. The minimum absolute atomic E-state index is 0.00145. The molecule has 2 aromatic carbocycles. The molecule has 1 fully saturated rings. The van der Waals surface area contributed by atoms with Crippen molar-refractivity contribution in [2.75, 3.05) is 26.7 Å². The number of rotatable bonds is 4. The predicted octanol–water partition coefficient (Wildman–Crippen LogP) is 3.64. The van der Waals surface area contributed by atoms with Gasteiger partial charge in [-0.3, -0.25) is 9.59 Å². The molecule has 0 aromatic heterocycles. The average molecular weight is 364 g/mol. The van der Waals surface area contributed by atoms with Crippen molar-refractivity contribution in [2.24, 2.45) is 5.92 Å². The number of nitrogens with zero attached hydrogens (tertiary/aromatic N) is 2. The predicted molar refractivity (Wildman–Crippen MR) is 108 cm³/mol. The van der Waals surface area contributed by atoms with Gasteiger partial charge in [0.1, 0.15) is 0 Å². The van der Waals surface area contributed by atoms with Crippen LogP contribution in [0.3, 0.4) is 0 Å². The minimum Gasteiger partial charge on any atom is -0.346 e. The third-order valence-corrected chi connectivity index (χ3v) is 5.58. The van der Waals surface area contributed by atoms with Gasteiger partial charge in [0.05, 0.1) is 5.92 Å². The lowest BCUT2D eigenvalue weighted by Gasteiger charge is -2.23. The number of aryl methyl sites for hydroxylation is 2. The first kappa shape index (κ1) is 19.2. The Balaban J connectivity index is 1.88. The molecule has 1 heterocycles. The fraction of sp³-hybridized carbons (Fsp3) is 0.391. The summed E-state index contributed by atoms with van der Waals surface area (Å²) in [5.41, 5.74) is 4.13. The fourth-order valence-electron chi connectivity index (χ4n) is 3.69. The molecule has 4 heteroatoms. The van der Waals surface area contributed by atoms with Gasteiger partial charge in [-0.1, -0.05) is 47.5 Å². The molecule has 0 N–H and O–H groups in total. The maximum Gasteiger partial charge on any atom is 0.253 e. The van der Waals surface area contributed by atoms with Crippen molar-refractivity contribution in [2.45, 2.75) is 26.7 Å². The number of carbonyl (C=O) groups excluding carboxylic acids is 2. The van der Waals surface area contributed by atoms with E-state index in [1.54, 1.807) is 4.90 Å². The zero-order chi connectivity index (χ0) is 19.6. The highest BCUT2D eigenvalue weighted by atomic mass is 16.2. The van der Waals surface area contributed by atoms with Crippen molar-refractivity contribution in [1.29, 1.82) is 0 Å². The van der Waals surface area contributed by atoms with Crippen LogP contribution in [0.1, 0.15) is 39.9 Å². The Kier molecular flexibility index (Phi) is 5.64. The van der Waals surface area contributed by atoms with Crippen molar-refractivity contribution in [1.82, 2.24) is 9.80 Å². The first-order valence-electron chi connectivity index (χ1n) is 9.58. The quantitative estimate of drug-likeness (QED) is 0.831. The van der Waals surface area contributed by atoms with E-state index in [1.807, 2.05) is 50.1 Å². The van der Waals surface area contributed by atoms with Gasteiger partial charge in [-0.25, -0.2) is 0 Å². The van der Waals surface area contributed by atoms with Gasteiger partial charge in [-0.05, 0) is 38.5 Å². The summed E-state index contributed by atoms with van der Waals surface area (Å²) in [6.45, 7) is 7.74. The summed E-state index contributed by atoms with van der Waals surface area (Å²) in [5.74, 6) is -0.0580. The van der Waals surface area contributed by atoms with Gasteiger partial charge in [-0.15, -0.1) is 0 Å². The van der Waals surface area contributed by atoms with Crippen LogP contribution in [0.5, 0.6) is 0 Å². The lowest BCUT2D eigenvalue weighted by atomic mass is 9.87. The molecule has 2 aromatic rings. The van der Waals surface area contributed by atoms with E-state index in [4.69, 9.17) is 0 Å². The molecule has 0 bridgehead atoms. The summed E-state index contributed by atoms with van der Waals surface area (Å²) in [5, 5.41) is 0. The zero-order valence-electron chi connectivity index (χ0n) is 16.6. The topological polar surface area (TPSA) is 40.6 Å². The number of benzene rings is 2. The Hall–Kier alpha value is -2.62. The smallest absolute Gasteiger partial charge is 0.253 e. The van der Waals surface area contributed by atoms with Crippen LogP contribution in [-0.2, 0) is 4.79 Å². The minimum atomic E-state index is -0.202. The van der Waals surface area contributed by atoms with E-state index in [9.17, 15) is 9.59 Å². The van der Waals surface area contributed by atoms with Crippen LogP contribution < -0.4 is 0 Å². The van der Waals surface area contributed by atoms with E-state index in [0.29, 0.717) is 25.2 Å². The van der Waals surface area contributed by atoms with E-state index in [1.165, 1.54) is 5.56 Å². The van der Waals surface area contributed by atoms with E-state index in [-0.39, 0.29) is 23.7 Å². The van der Waals surface area contributed by atoms with Crippen LogP contribution in [0.25, 0.3) is 0 Å². The van der Waals surface area contributed by atoms with E-state index in [0.717, 1.165) is 11.1 Å². The highest BCUT2D eigenvalue weighted by molar-refractivity contribution is 5.95. The molecule has 3 rings (SSSR count). The summed E-state index contributed by atoms with van der Waals surface area (Å²) >= 11 is 0. The Labute approximate surface area is 161 Å². The molecule has 0 saturated carbocycles. The second-order valence-electron chi connectivity index (χ2n) is 7.55. The van der Waals surface area contributed by atoms with Gasteiger partial charge < -0.3 is 9.80 Å². The number of hydrogen-bond donors (Lipinski definition) is 0. The van der Waals surface area contributed by atoms with Gasteiger partial charge in [0, 0.05) is 38.2 Å². The summed E-state index contributed by atoms with van der Waals surface area (Å²) < 4.78 is 0. The SMILES string of the molecule is CCN(C)C(=O)C1CN(C(=O)c2ccc(C)cc2)CC1c1ccc(C)cc1. The van der Waals surface area contributed by atoms with Crippen LogP contribution >= 0.6 is 0 Å². The third kappa shape index (κ3) is 4.05. The Morgan fingerprint density at radius 1 is 0.963 bits per heavy atom. The highest BCUT2D eigenvalue weighted by Gasteiger charge is 2.41. The lowest BCUT2D eigenvalue weighted by Crippen LogP contribution is -2.36. The van der Waals surface area contributed by atoms with E-state index >= 15 is 0 Å². The molecular formula is C23H28N2O2. The van der Waals surface area contributed by atoms with Crippen LogP contribution in [0.15, 0.2) is 48.5 Å². The van der Waals surface area contributed by atoms with Crippen molar-refractivity contribution in [3.05, 3.63) is 70.8 Å². The van der Waals surface area contributed by atoms with E-state index < -0.39 is 0 Å². The number of likely N-dealkylation sites (tertiary alicyclic amines) is 1. The molecule has 4 nitrogen and oxygen atoms in total. The summed E-state index contributed by atoms with van der Waals surface area (Å²) in [6.07, 6.45) is 0. The van der Waals surface area contributed by atoms with Crippen molar-refractivity contribution >= 4 is 11.8 Å². The standard InChI is InChI=1S/C23H28N2O2/c1-5-24(4)23(27)21-15-25(22(26)19-12-8-17(3)9-13-19)14-20(21)18-10-6-16(2)7-11-18/h6-13,20-21H,5,14-15H2,1-4H3. The van der Waals surface area contributed by atoms with E-state index in [2.05, 4.69) is 31.2 Å². The lowest BCUT2D eigenvalue weighted by molar-refractivity contribution is -0.133. The van der Waals surface area contributed by atoms with Crippen molar-refractivity contribution < 1.29 is 9.59 Å². The molecule has 1 saturated heterocycles. The van der Waals surface area contributed by atoms with Crippen LogP contribution in [0.4, 0.5) is 0 Å². The summed E-state index contributed by atoms with van der Waals surface area (Å²) in [7, 11) is 1.83. The second kappa shape index (κ2) is 7.95. The largest absolute Gasteiger partial charge is 0.346 e. The first-order chi connectivity index (χ1) is 12.9. The molecular weight excluding hydrogens is 336 g/mol. The molecule has 1 aliphatic heterocycles. The summed E-state index contributed by atoms with van der Waals surface area (Å²) in [4.78, 5) is 29.6. The van der Waals surface area contributed by atoms with Crippen molar-refractivity contribution in [3.63, 3.8) is 0 Å². The molecule has 0 aliphatic carbocycles. The Bertz CT molecular complexity index is 811. The zero-order valence-corrected chi connectivity index (χ0v) is 16.6. The molecule has 0 radical (unpaired) electrons. The Morgan fingerprint density at radius 3 is 2.07 bits per heavy atom. The number of carbonyl (C=O) groups is 2. The van der Waals surface area contributed by atoms with Gasteiger partial charge in [0.25, 0.3) is 5.91 Å². The molecule has 2 amide bonds. The van der Waals surface area contributed by atoms with Gasteiger partial charge in [0.2, 0.25) is 5.91 Å². The molecule has 2 atom stereocenters. The fourth-order valence-corrected chi connectivity index (χ4v) is 3.69. The Morgan fingerprint density at radius 2 is 1.52 bits per heavy atom. The summed E-state index contributed by atoms with van der Waals surface area (Å²) in [6, 6.07) is 16.0. The maximum absolute atomic E-state index is 13.0. The van der Waals surface area contributed by atoms with Crippen molar-refractivity contribution in [3.8, 4) is 0 Å². The van der Waals surface area contributed by atoms with Crippen LogP contribution in [0, 0.1) is 19.8 Å². The number of amides is 2. The molecule has 2 unspecified atom stereocenters. The van der Waals surface area contributed by atoms with Gasteiger partial charge >= 0.3 is 0 Å². The molecule has 1 aliphatic rings. The maximum atomic E-state index is 13.0. The second-order valence-corrected chi connectivity index (χ2v) is 7.55. The molecule has 142 valence electrons. The normalized spacial score (nSPS) is 19.2.